The summed E-state index contributed by atoms with van der Waals surface area (Å²) in [6.07, 6.45) is 0.268. The van der Waals surface area contributed by atoms with E-state index in [1.807, 2.05) is 13.8 Å². The average molecular weight is 423 g/mol. The van der Waals surface area contributed by atoms with Gasteiger partial charge >= 0.3 is 5.69 Å². The van der Waals surface area contributed by atoms with E-state index in [9.17, 15) is 14.4 Å². The second-order valence-corrected chi connectivity index (χ2v) is 7.23. The van der Waals surface area contributed by atoms with Crippen LogP contribution in [-0.4, -0.2) is 25.0 Å². The molecule has 0 atom stereocenters. The molecule has 28 heavy (non-hydrogen) atoms. The van der Waals surface area contributed by atoms with Crippen molar-refractivity contribution in [3.8, 4) is 5.69 Å². The maximum atomic E-state index is 12.0. The van der Waals surface area contributed by atoms with E-state index in [1.165, 1.54) is 12.1 Å². The molecule has 4 N–H and O–H groups in total. The van der Waals surface area contributed by atoms with E-state index in [1.54, 1.807) is 6.07 Å². The van der Waals surface area contributed by atoms with Crippen LogP contribution in [0.3, 0.4) is 0 Å². The quantitative estimate of drug-likeness (QED) is 0.583. The Bertz CT molecular complexity index is 1210. The van der Waals surface area contributed by atoms with Crippen molar-refractivity contribution in [2.45, 2.75) is 26.2 Å². The van der Waals surface area contributed by atoms with Gasteiger partial charge in [0.25, 0.3) is 11.1 Å². The molecule has 0 amide bonds. The minimum atomic E-state index is -0.778. The summed E-state index contributed by atoms with van der Waals surface area (Å²) in [5.74, 6) is -0.336. The van der Waals surface area contributed by atoms with E-state index in [2.05, 4.69) is 20.3 Å². The second-order valence-electron chi connectivity index (χ2n) is 6.42. The monoisotopic (exact) mass is 422 g/mol. The number of benzene rings is 1. The van der Waals surface area contributed by atoms with Crippen LogP contribution in [0.1, 0.15) is 36.6 Å². The van der Waals surface area contributed by atoms with E-state index in [-0.39, 0.29) is 39.4 Å². The Balaban J connectivity index is 2.03. The maximum Gasteiger partial charge on any atom is 0.349 e. The average Bonchev–Trinajstić information content (AvgIpc) is 2.62. The molecule has 3 aromatic rings. The normalized spacial score (nSPS) is 11.2. The molecule has 0 saturated carbocycles. The molecule has 0 aliphatic heterocycles. The molecule has 0 fully saturated rings. The highest BCUT2D eigenvalue weighted by Gasteiger charge is 2.15. The molecule has 11 heteroatoms. The molecule has 0 unspecified atom stereocenters. The van der Waals surface area contributed by atoms with Crippen LogP contribution in [0, 0.1) is 0 Å². The highest BCUT2D eigenvalue weighted by atomic mass is 35.5. The highest BCUT2D eigenvalue weighted by molar-refractivity contribution is 6.36. The molecule has 2 heterocycles. The fourth-order valence-corrected chi connectivity index (χ4v) is 3.24. The van der Waals surface area contributed by atoms with Crippen molar-refractivity contribution in [1.29, 1.82) is 0 Å². The number of aromatic amines is 2. The first kappa shape index (κ1) is 19.8. The molecule has 2 aromatic heterocycles. The van der Waals surface area contributed by atoms with Crippen LogP contribution < -0.4 is 22.5 Å². The number of H-pyrrole nitrogens is 2. The molecule has 0 saturated heterocycles. The molecule has 0 aliphatic rings. The number of aromatic nitrogens is 5. The van der Waals surface area contributed by atoms with Crippen LogP contribution in [0.4, 0.5) is 5.82 Å². The topological polar surface area (TPSA) is 140 Å². The third-order valence-corrected chi connectivity index (χ3v) is 4.76. The van der Waals surface area contributed by atoms with Crippen molar-refractivity contribution in [1.82, 2.24) is 25.0 Å². The Morgan fingerprint density at radius 3 is 2.36 bits per heavy atom. The first-order valence-electron chi connectivity index (χ1n) is 8.23. The van der Waals surface area contributed by atoms with Crippen molar-refractivity contribution in [2.75, 3.05) is 5.73 Å². The van der Waals surface area contributed by atoms with E-state index >= 15 is 0 Å². The van der Waals surface area contributed by atoms with Gasteiger partial charge in [-0.05, 0) is 29.7 Å². The number of nitrogens with one attached hydrogen (secondary N) is 2. The number of hydrogen-bond donors (Lipinski definition) is 3. The van der Waals surface area contributed by atoms with E-state index < -0.39 is 11.2 Å². The number of hydrogen-bond acceptors (Lipinski definition) is 6. The summed E-state index contributed by atoms with van der Waals surface area (Å²) in [5, 5.41) is 10.8. The van der Waals surface area contributed by atoms with Crippen LogP contribution in [0.5, 0.6) is 0 Å². The highest BCUT2D eigenvalue weighted by Crippen LogP contribution is 2.29. The third kappa shape index (κ3) is 3.85. The van der Waals surface area contributed by atoms with Gasteiger partial charge in [-0.1, -0.05) is 37.0 Å². The molecule has 0 aliphatic carbocycles. The van der Waals surface area contributed by atoms with Crippen LogP contribution in [0.15, 0.2) is 32.6 Å². The SMILES string of the molecule is CC(C)c1cc(Cc2c(Cl)cc(-n3nc(N)c(=O)[nH]c3=O)cc2Cl)n[nH]c1=O. The van der Waals surface area contributed by atoms with E-state index in [0.717, 1.165) is 4.68 Å². The fourth-order valence-electron chi connectivity index (χ4n) is 2.63. The van der Waals surface area contributed by atoms with Crippen LogP contribution >= 0.6 is 23.2 Å². The largest absolute Gasteiger partial charge is 0.378 e. The van der Waals surface area contributed by atoms with Gasteiger partial charge < -0.3 is 5.73 Å². The molecule has 3 rings (SSSR count). The van der Waals surface area contributed by atoms with Crippen molar-refractivity contribution < 1.29 is 0 Å². The minimum Gasteiger partial charge on any atom is -0.378 e. The lowest BCUT2D eigenvalue weighted by Crippen LogP contribution is -2.33. The molecular weight excluding hydrogens is 407 g/mol. The van der Waals surface area contributed by atoms with Crippen molar-refractivity contribution in [2.24, 2.45) is 0 Å². The van der Waals surface area contributed by atoms with Gasteiger partial charge in [-0.25, -0.2) is 9.89 Å². The smallest absolute Gasteiger partial charge is 0.349 e. The van der Waals surface area contributed by atoms with Gasteiger partial charge in [0.2, 0.25) is 5.82 Å². The van der Waals surface area contributed by atoms with Gasteiger partial charge in [-0.15, -0.1) is 5.10 Å². The summed E-state index contributed by atoms with van der Waals surface area (Å²) in [7, 11) is 0. The fraction of sp³-hybridized carbons (Fsp3) is 0.235. The Kier molecular flexibility index (Phi) is 5.39. The first-order valence-corrected chi connectivity index (χ1v) is 8.99. The predicted octanol–water partition coefficient (Wildman–Crippen LogP) is 1.61. The number of nitrogen functional groups attached to an aromatic ring is 1. The summed E-state index contributed by atoms with van der Waals surface area (Å²) in [6, 6.07) is 4.66. The molecule has 146 valence electrons. The first-order chi connectivity index (χ1) is 13.2. The van der Waals surface area contributed by atoms with E-state index in [0.29, 0.717) is 16.8 Å². The van der Waals surface area contributed by atoms with Gasteiger partial charge in [-0.3, -0.25) is 14.6 Å². The standard InChI is InChI=1S/C17H16Cl2N6O3/c1-7(2)10-3-8(22-23-15(10)26)4-11-12(18)5-9(6-13(11)19)25-17(28)21-16(27)14(20)24-25/h3,5-7H,4H2,1-2H3,(H2,20,24)(H,23,26)(H,21,27,28). The minimum absolute atomic E-state index is 0.0301. The maximum absolute atomic E-state index is 12.0. The van der Waals surface area contributed by atoms with Crippen molar-refractivity contribution in [3.63, 3.8) is 0 Å². The predicted molar refractivity (Wildman–Crippen MR) is 107 cm³/mol. The van der Waals surface area contributed by atoms with Gasteiger partial charge in [0.1, 0.15) is 0 Å². The summed E-state index contributed by atoms with van der Waals surface area (Å²) in [4.78, 5) is 37.3. The number of nitrogens with two attached hydrogens (primary N) is 1. The zero-order valence-electron chi connectivity index (χ0n) is 14.9. The molecule has 1 aromatic carbocycles. The van der Waals surface area contributed by atoms with Crippen molar-refractivity contribution >= 4 is 29.0 Å². The molecule has 0 bridgehead atoms. The Morgan fingerprint density at radius 2 is 1.75 bits per heavy atom. The van der Waals surface area contributed by atoms with Crippen LogP contribution in [0.2, 0.25) is 10.0 Å². The molecular formula is C17H16Cl2N6O3. The summed E-state index contributed by atoms with van der Waals surface area (Å²) < 4.78 is 0.896. The summed E-state index contributed by atoms with van der Waals surface area (Å²) >= 11 is 12.7. The van der Waals surface area contributed by atoms with Gasteiger partial charge in [0, 0.05) is 22.0 Å². The van der Waals surface area contributed by atoms with Gasteiger partial charge in [0.05, 0.1) is 11.4 Å². The number of anilines is 1. The number of rotatable bonds is 4. The Morgan fingerprint density at radius 1 is 1.11 bits per heavy atom. The van der Waals surface area contributed by atoms with Crippen LogP contribution in [0.25, 0.3) is 5.69 Å². The molecule has 0 radical (unpaired) electrons. The molecule has 9 nitrogen and oxygen atoms in total. The molecule has 0 spiro atoms. The van der Waals surface area contributed by atoms with Gasteiger partial charge in [-0.2, -0.15) is 9.78 Å². The van der Waals surface area contributed by atoms with Gasteiger partial charge in [0.15, 0.2) is 0 Å². The Hall–Kier alpha value is -2.91. The summed E-state index contributed by atoms with van der Waals surface area (Å²) in [5.41, 5.74) is 5.67. The second kappa shape index (κ2) is 7.61. The zero-order valence-corrected chi connectivity index (χ0v) is 16.4. The summed E-state index contributed by atoms with van der Waals surface area (Å²) in [6.45, 7) is 3.81. The lowest BCUT2D eigenvalue weighted by atomic mass is 10.0. The van der Waals surface area contributed by atoms with E-state index in [4.69, 9.17) is 28.9 Å². The Labute approximate surface area is 168 Å². The van der Waals surface area contributed by atoms with Crippen LogP contribution in [-0.2, 0) is 6.42 Å². The lowest BCUT2D eigenvalue weighted by Gasteiger charge is -2.12. The number of halogens is 2. The lowest BCUT2D eigenvalue weighted by molar-refractivity contribution is 0.758. The zero-order chi connectivity index (χ0) is 20.6. The number of nitrogens with zero attached hydrogens (tertiary/aromatic N) is 3. The van der Waals surface area contributed by atoms with Crippen molar-refractivity contribution in [3.05, 3.63) is 76.3 Å². The third-order valence-electron chi connectivity index (χ3n) is 4.09.